The van der Waals surface area contributed by atoms with Gasteiger partial charge in [0.05, 0.1) is 6.04 Å². The lowest BCUT2D eigenvalue weighted by molar-refractivity contribution is 0.0229. The Labute approximate surface area is 133 Å². The number of nitrogens with one attached hydrogen (secondary N) is 1. The monoisotopic (exact) mass is 307 g/mol. The fraction of sp³-hybridized carbons (Fsp3) is 0.824. The van der Waals surface area contributed by atoms with Crippen LogP contribution in [0.2, 0.25) is 0 Å². The molecule has 0 spiro atoms. The zero-order valence-electron chi connectivity index (χ0n) is 14.0. The second-order valence-corrected chi connectivity index (χ2v) is 8.45. The first-order valence-electron chi connectivity index (χ1n) is 8.33. The maximum atomic E-state index is 4.74. The third kappa shape index (κ3) is 3.03. The minimum Gasteiger partial charge on any atom is -0.308 e. The lowest BCUT2D eigenvalue weighted by Gasteiger charge is -2.50. The average Bonchev–Trinajstić information content (AvgIpc) is 3.21. The van der Waals surface area contributed by atoms with Crippen molar-refractivity contribution in [2.75, 3.05) is 13.1 Å². The minimum absolute atomic E-state index is 0.298. The van der Waals surface area contributed by atoms with Crippen molar-refractivity contribution in [2.24, 2.45) is 11.8 Å². The first-order chi connectivity index (χ1) is 9.90. The Morgan fingerprint density at radius 3 is 2.62 bits per heavy atom. The van der Waals surface area contributed by atoms with E-state index in [4.69, 9.17) is 4.98 Å². The summed E-state index contributed by atoms with van der Waals surface area (Å²) in [4.78, 5) is 7.46. The molecule has 1 aliphatic heterocycles. The fourth-order valence-electron chi connectivity index (χ4n) is 3.75. The number of piperazine rings is 1. The molecule has 0 bridgehead atoms. The second kappa shape index (κ2) is 5.64. The lowest BCUT2D eigenvalue weighted by atomic mass is 9.87. The second-order valence-electron chi connectivity index (χ2n) is 7.56. The Kier molecular flexibility index (Phi) is 4.15. The van der Waals surface area contributed by atoms with Crippen LogP contribution in [0.3, 0.4) is 0 Å². The number of rotatable bonds is 4. The SMILES string of the molecule is Cc1csc(C(C)N2CC(C)(C3CC3)NCC2C(C)C)n1. The first-order valence-corrected chi connectivity index (χ1v) is 9.21. The molecule has 21 heavy (non-hydrogen) atoms. The minimum atomic E-state index is 0.298. The van der Waals surface area contributed by atoms with Crippen molar-refractivity contribution < 1.29 is 0 Å². The van der Waals surface area contributed by atoms with Gasteiger partial charge in [0.2, 0.25) is 0 Å². The van der Waals surface area contributed by atoms with E-state index < -0.39 is 0 Å². The zero-order chi connectivity index (χ0) is 15.2. The number of nitrogens with zero attached hydrogens (tertiary/aromatic N) is 2. The van der Waals surface area contributed by atoms with E-state index in [9.17, 15) is 0 Å². The molecule has 3 rings (SSSR count). The topological polar surface area (TPSA) is 28.2 Å². The van der Waals surface area contributed by atoms with Crippen molar-refractivity contribution >= 4 is 11.3 Å². The molecule has 1 saturated carbocycles. The summed E-state index contributed by atoms with van der Waals surface area (Å²) in [6.07, 6.45) is 2.79. The van der Waals surface area contributed by atoms with Crippen molar-refractivity contribution in [3.8, 4) is 0 Å². The summed E-state index contributed by atoms with van der Waals surface area (Å²) >= 11 is 1.82. The Hall–Kier alpha value is -0.450. The van der Waals surface area contributed by atoms with E-state index >= 15 is 0 Å². The number of hydrogen-bond donors (Lipinski definition) is 1. The van der Waals surface area contributed by atoms with Crippen LogP contribution in [0.5, 0.6) is 0 Å². The molecule has 4 heteroatoms. The van der Waals surface area contributed by atoms with Crippen LogP contribution < -0.4 is 5.32 Å². The highest BCUT2D eigenvalue weighted by molar-refractivity contribution is 7.09. The first kappa shape index (κ1) is 15.4. The Balaban J connectivity index is 1.82. The molecule has 3 atom stereocenters. The number of aromatic nitrogens is 1. The predicted molar refractivity (Wildman–Crippen MR) is 89.7 cm³/mol. The highest BCUT2D eigenvalue weighted by Gasteiger charge is 2.47. The predicted octanol–water partition coefficient (Wildman–Crippen LogP) is 3.61. The number of hydrogen-bond acceptors (Lipinski definition) is 4. The lowest BCUT2D eigenvalue weighted by Crippen LogP contribution is -2.65. The number of aryl methyl sites for hydroxylation is 1. The standard InChI is InChI=1S/C17H29N3S/c1-11(2)15-8-18-17(5,14-6-7-14)10-20(15)13(4)16-19-12(3)9-21-16/h9,11,13-15,18H,6-8,10H2,1-5H3. The van der Waals surface area contributed by atoms with Crippen molar-refractivity contribution in [1.29, 1.82) is 0 Å². The molecular weight excluding hydrogens is 278 g/mol. The maximum Gasteiger partial charge on any atom is 0.110 e. The van der Waals surface area contributed by atoms with Crippen LogP contribution >= 0.6 is 11.3 Å². The van der Waals surface area contributed by atoms with Crippen molar-refractivity contribution in [2.45, 2.75) is 65.1 Å². The van der Waals surface area contributed by atoms with E-state index in [-0.39, 0.29) is 0 Å². The van der Waals surface area contributed by atoms with Gasteiger partial charge in [-0.2, -0.15) is 0 Å². The summed E-state index contributed by atoms with van der Waals surface area (Å²) in [7, 11) is 0. The van der Waals surface area contributed by atoms with E-state index in [2.05, 4.69) is 50.2 Å². The third-order valence-electron chi connectivity index (χ3n) is 5.39. The van der Waals surface area contributed by atoms with Crippen LogP contribution in [0.15, 0.2) is 5.38 Å². The molecule has 118 valence electrons. The van der Waals surface area contributed by atoms with Crippen LogP contribution in [0, 0.1) is 18.8 Å². The van der Waals surface area contributed by atoms with Gasteiger partial charge in [-0.05, 0) is 45.4 Å². The van der Waals surface area contributed by atoms with Crippen LogP contribution in [-0.2, 0) is 0 Å². The van der Waals surface area contributed by atoms with Gasteiger partial charge >= 0.3 is 0 Å². The molecule has 1 N–H and O–H groups in total. The van der Waals surface area contributed by atoms with E-state index in [0.29, 0.717) is 23.5 Å². The van der Waals surface area contributed by atoms with Gasteiger partial charge in [0.25, 0.3) is 0 Å². The van der Waals surface area contributed by atoms with E-state index in [0.717, 1.165) is 24.7 Å². The fourth-order valence-corrected chi connectivity index (χ4v) is 4.62. The molecule has 3 unspecified atom stereocenters. The Morgan fingerprint density at radius 1 is 1.38 bits per heavy atom. The zero-order valence-corrected chi connectivity index (χ0v) is 14.8. The van der Waals surface area contributed by atoms with Gasteiger partial charge in [-0.25, -0.2) is 4.98 Å². The van der Waals surface area contributed by atoms with Gasteiger partial charge in [-0.15, -0.1) is 11.3 Å². The van der Waals surface area contributed by atoms with Crippen LogP contribution in [0.1, 0.15) is 57.3 Å². The molecule has 2 fully saturated rings. The molecular formula is C17H29N3S. The van der Waals surface area contributed by atoms with Crippen molar-refractivity contribution in [3.05, 3.63) is 16.1 Å². The molecule has 1 aromatic heterocycles. The highest BCUT2D eigenvalue weighted by atomic mass is 32.1. The van der Waals surface area contributed by atoms with Crippen LogP contribution in [0.4, 0.5) is 0 Å². The maximum absolute atomic E-state index is 4.74. The third-order valence-corrected chi connectivity index (χ3v) is 6.52. The molecule has 2 heterocycles. The molecule has 0 radical (unpaired) electrons. The summed E-state index contributed by atoms with van der Waals surface area (Å²) in [6.45, 7) is 13.8. The van der Waals surface area contributed by atoms with Crippen LogP contribution in [-0.4, -0.2) is 34.6 Å². The average molecular weight is 308 g/mol. The molecule has 0 aromatic carbocycles. The van der Waals surface area contributed by atoms with Gasteiger partial charge in [0.15, 0.2) is 0 Å². The van der Waals surface area contributed by atoms with Crippen molar-refractivity contribution in [1.82, 2.24) is 15.2 Å². The van der Waals surface area contributed by atoms with Gasteiger partial charge in [0.1, 0.15) is 5.01 Å². The van der Waals surface area contributed by atoms with Gasteiger partial charge in [-0.3, -0.25) is 4.90 Å². The highest BCUT2D eigenvalue weighted by Crippen LogP contribution is 2.43. The summed E-state index contributed by atoms with van der Waals surface area (Å²) in [5.74, 6) is 1.54. The Morgan fingerprint density at radius 2 is 2.10 bits per heavy atom. The molecule has 3 nitrogen and oxygen atoms in total. The normalized spacial score (nSPS) is 32.6. The molecule has 2 aliphatic rings. The summed E-state index contributed by atoms with van der Waals surface area (Å²) < 4.78 is 0. The molecule has 1 aliphatic carbocycles. The largest absolute Gasteiger partial charge is 0.308 e. The summed E-state index contributed by atoms with van der Waals surface area (Å²) in [6, 6.07) is 1.03. The molecule has 0 amide bonds. The summed E-state index contributed by atoms with van der Waals surface area (Å²) in [5, 5.41) is 7.33. The van der Waals surface area contributed by atoms with Gasteiger partial charge in [0, 0.05) is 35.7 Å². The van der Waals surface area contributed by atoms with E-state index in [1.165, 1.54) is 17.8 Å². The van der Waals surface area contributed by atoms with E-state index in [1.54, 1.807) is 0 Å². The number of thiazole rings is 1. The quantitative estimate of drug-likeness (QED) is 0.921. The van der Waals surface area contributed by atoms with Gasteiger partial charge < -0.3 is 5.32 Å². The van der Waals surface area contributed by atoms with E-state index in [1.807, 2.05) is 11.3 Å². The molecule has 1 saturated heterocycles. The van der Waals surface area contributed by atoms with Crippen molar-refractivity contribution in [3.63, 3.8) is 0 Å². The molecule has 1 aromatic rings. The summed E-state index contributed by atoms with van der Waals surface area (Å²) in [5.41, 5.74) is 1.45. The van der Waals surface area contributed by atoms with Gasteiger partial charge in [-0.1, -0.05) is 13.8 Å². The smallest absolute Gasteiger partial charge is 0.110 e. The van der Waals surface area contributed by atoms with Crippen LogP contribution in [0.25, 0.3) is 0 Å². The Bertz CT molecular complexity index is 494.